The summed E-state index contributed by atoms with van der Waals surface area (Å²) in [5.74, 6) is 0.958. The van der Waals surface area contributed by atoms with Crippen LogP contribution in [-0.2, 0) is 9.53 Å². The Hall–Kier alpha value is -1.73. The Morgan fingerprint density at radius 3 is 2.64 bits per heavy atom. The number of rotatable bonds is 3. The molecule has 0 aliphatic carbocycles. The highest BCUT2D eigenvalue weighted by atomic mass is 16.5. The fourth-order valence-electron chi connectivity index (χ4n) is 2.94. The quantitative estimate of drug-likeness (QED) is 0.774. The summed E-state index contributed by atoms with van der Waals surface area (Å²) < 4.78 is 5.51. The minimum atomic E-state index is 0.211. The average molecular weight is 305 g/mol. The molecule has 1 aromatic rings. The van der Waals surface area contributed by atoms with Gasteiger partial charge in [-0.25, -0.2) is 9.97 Å². The largest absolute Gasteiger partial charge is 0.376 e. The van der Waals surface area contributed by atoms with Crippen molar-refractivity contribution in [2.24, 2.45) is 0 Å². The zero-order valence-electron chi connectivity index (χ0n) is 13.0. The van der Waals surface area contributed by atoms with E-state index in [0.717, 1.165) is 45.2 Å². The Morgan fingerprint density at radius 2 is 1.95 bits per heavy atom. The van der Waals surface area contributed by atoms with E-state index in [1.54, 1.807) is 12.4 Å². The molecule has 0 unspecified atom stereocenters. The first kappa shape index (κ1) is 15.2. The van der Waals surface area contributed by atoms with E-state index >= 15 is 0 Å². The van der Waals surface area contributed by atoms with E-state index < -0.39 is 0 Å². The molecular weight excluding hydrogens is 282 g/mol. The maximum atomic E-state index is 12.4. The third kappa shape index (κ3) is 3.72. The van der Waals surface area contributed by atoms with Gasteiger partial charge in [0.2, 0.25) is 11.9 Å². The first-order valence-electron chi connectivity index (χ1n) is 7.86. The summed E-state index contributed by atoms with van der Waals surface area (Å²) in [7, 11) is 0. The zero-order valence-corrected chi connectivity index (χ0v) is 13.0. The minimum absolute atomic E-state index is 0.211. The van der Waals surface area contributed by atoms with Gasteiger partial charge in [-0.2, -0.15) is 0 Å². The van der Waals surface area contributed by atoms with E-state index in [-0.39, 0.29) is 12.0 Å². The Bertz CT molecular complexity index is 490. The number of carbonyl (C=O) groups excluding carboxylic acids is 1. The second-order valence-electron chi connectivity index (χ2n) is 5.83. The van der Waals surface area contributed by atoms with Gasteiger partial charge in [0.15, 0.2) is 0 Å². The highest BCUT2D eigenvalue weighted by Gasteiger charge is 2.25. The molecule has 0 radical (unpaired) electrons. The molecule has 0 bridgehead atoms. The number of amides is 1. The number of piperazine rings is 1. The third-order valence-electron chi connectivity index (χ3n) is 4.15. The average Bonchev–Trinajstić information content (AvgIpc) is 2.56. The van der Waals surface area contributed by atoms with Crippen molar-refractivity contribution in [3.05, 3.63) is 18.5 Å². The minimum Gasteiger partial charge on any atom is -0.376 e. The highest BCUT2D eigenvalue weighted by molar-refractivity contribution is 5.78. The molecule has 0 aromatic carbocycles. The summed E-state index contributed by atoms with van der Waals surface area (Å²) in [6.45, 7) is 7.98. The van der Waals surface area contributed by atoms with Crippen molar-refractivity contribution < 1.29 is 9.53 Å². The predicted molar refractivity (Wildman–Crippen MR) is 82.7 cm³/mol. The van der Waals surface area contributed by atoms with E-state index in [4.69, 9.17) is 4.74 Å². The van der Waals surface area contributed by atoms with Crippen LogP contribution in [0.2, 0.25) is 0 Å². The molecule has 2 fully saturated rings. The van der Waals surface area contributed by atoms with Crippen molar-refractivity contribution in [1.82, 2.24) is 19.8 Å². The molecule has 2 saturated heterocycles. The van der Waals surface area contributed by atoms with E-state index in [1.807, 2.05) is 11.0 Å². The van der Waals surface area contributed by atoms with E-state index in [9.17, 15) is 4.79 Å². The number of nitrogens with zero attached hydrogens (tertiary/aromatic N) is 5. The Labute approximate surface area is 130 Å². The van der Waals surface area contributed by atoms with Crippen molar-refractivity contribution in [1.29, 1.82) is 0 Å². The second-order valence-corrected chi connectivity index (χ2v) is 5.83. The number of hydrogen-bond acceptors (Lipinski definition) is 6. The summed E-state index contributed by atoms with van der Waals surface area (Å²) in [4.78, 5) is 27.2. The van der Waals surface area contributed by atoms with Crippen molar-refractivity contribution in [2.75, 3.05) is 57.3 Å². The molecule has 1 aromatic heterocycles. The maximum absolute atomic E-state index is 12.4. The van der Waals surface area contributed by atoms with Crippen LogP contribution in [0.1, 0.15) is 6.92 Å². The monoisotopic (exact) mass is 305 g/mol. The lowest BCUT2D eigenvalue weighted by molar-refractivity contribution is -0.134. The first-order valence-corrected chi connectivity index (χ1v) is 7.86. The maximum Gasteiger partial charge on any atom is 0.236 e. The summed E-state index contributed by atoms with van der Waals surface area (Å²) in [5, 5.41) is 0. The van der Waals surface area contributed by atoms with Gasteiger partial charge in [-0.3, -0.25) is 9.69 Å². The normalized spacial score (nSPS) is 23.6. The van der Waals surface area contributed by atoms with E-state index in [1.165, 1.54) is 0 Å². The first-order chi connectivity index (χ1) is 10.7. The Morgan fingerprint density at radius 1 is 1.23 bits per heavy atom. The van der Waals surface area contributed by atoms with Crippen LogP contribution in [0.5, 0.6) is 0 Å². The number of carbonyl (C=O) groups is 1. The smallest absolute Gasteiger partial charge is 0.236 e. The number of ether oxygens (including phenoxy) is 1. The molecule has 3 heterocycles. The lowest BCUT2D eigenvalue weighted by Gasteiger charge is -2.37. The predicted octanol–water partition coefficient (Wildman–Crippen LogP) is -0.154. The fourth-order valence-corrected chi connectivity index (χ4v) is 2.94. The van der Waals surface area contributed by atoms with E-state index in [0.29, 0.717) is 13.2 Å². The van der Waals surface area contributed by atoms with Gasteiger partial charge in [0, 0.05) is 51.7 Å². The van der Waals surface area contributed by atoms with Gasteiger partial charge in [0.05, 0.1) is 19.3 Å². The number of anilines is 1. The number of morpholine rings is 1. The van der Waals surface area contributed by atoms with E-state index in [2.05, 4.69) is 26.7 Å². The van der Waals surface area contributed by atoms with Crippen LogP contribution in [0.15, 0.2) is 18.5 Å². The zero-order chi connectivity index (χ0) is 15.4. The van der Waals surface area contributed by atoms with Crippen LogP contribution in [0.4, 0.5) is 5.95 Å². The molecule has 2 aliphatic heterocycles. The van der Waals surface area contributed by atoms with Crippen LogP contribution in [0.3, 0.4) is 0 Å². The van der Waals surface area contributed by atoms with Gasteiger partial charge in [0.1, 0.15) is 0 Å². The standard InChI is InChI=1S/C15H23N5O2/c1-13-11-18(9-10-22-13)12-14(21)19-5-7-20(8-6-19)15-16-3-2-4-17-15/h2-4,13H,5-12H2,1H3/t13-/m1/s1. The van der Waals surface area contributed by atoms with Crippen LogP contribution in [0, 0.1) is 0 Å². The summed E-state index contributed by atoms with van der Waals surface area (Å²) in [6, 6.07) is 1.81. The highest BCUT2D eigenvalue weighted by Crippen LogP contribution is 2.11. The molecular formula is C15H23N5O2. The molecule has 1 atom stereocenters. The summed E-state index contributed by atoms with van der Waals surface area (Å²) in [5.41, 5.74) is 0. The van der Waals surface area contributed by atoms with Crippen molar-refractivity contribution in [3.63, 3.8) is 0 Å². The van der Waals surface area contributed by atoms with Gasteiger partial charge < -0.3 is 14.5 Å². The van der Waals surface area contributed by atoms with Crippen LogP contribution >= 0.6 is 0 Å². The molecule has 1 amide bonds. The fraction of sp³-hybridized carbons (Fsp3) is 0.667. The van der Waals surface area contributed by atoms with Gasteiger partial charge in [-0.1, -0.05) is 0 Å². The van der Waals surface area contributed by atoms with Crippen molar-refractivity contribution >= 4 is 11.9 Å². The molecule has 3 rings (SSSR count). The second kappa shape index (κ2) is 7.02. The van der Waals surface area contributed by atoms with Crippen LogP contribution in [0.25, 0.3) is 0 Å². The number of hydrogen-bond donors (Lipinski definition) is 0. The molecule has 2 aliphatic rings. The lowest BCUT2D eigenvalue weighted by Crippen LogP contribution is -2.53. The van der Waals surface area contributed by atoms with Crippen LogP contribution in [-0.4, -0.2) is 84.2 Å². The van der Waals surface area contributed by atoms with Gasteiger partial charge in [-0.05, 0) is 13.0 Å². The molecule has 7 nitrogen and oxygen atoms in total. The number of aromatic nitrogens is 2. The molecule has 0 saturated carbocycles. The molecule has 0 N–H and O–H groups in total. The van der Waals surface area contributed by atoms with Gasteiger partial charge >= 0.3 is 0 Å². The lowest BCUT2D eigenvalue weighted by atomic mass is 10.2. The van der Waals surface area contributed by atoms with Gasteiger partial charge in [0.25, 0.3) is 0 Å². The summed E-state index contributed by atoms with van der Waals surface area (Å²) >= 11 is 0. The summed E-state index contributed by atoms with van der Waals surface area (Å²) in [6.07, 6.45) is 3.72. The van der Waals surface area contributed by atoms with Crippen molar-refractivity contribution in [3.8, 4) is 0 Å². The Kier molecular flexibility index (Phi) is 4.84. The molecule has 120 valence electrons. The van der Waals surface area contributed by atoms with Gasteiger partial charge in [-0.15, -0.1) is 0 Å². The molecule has 0 spiro atoms. The molecule has 7 heteroatoms. The topological polar surface area (TPSA) is 61.8 Å². The molecule has 22 heavy (non-hydrogen) atoms. The SMILES string of the molecule is C[C@@H]1CN(CC(=O)N2CCN(c3ncccn3)CC2)CCO1. The van der Waals surface area contributed by atoms with Crippen LogP contribution < -0.4 is 4.90 Å². The van der Waals surface area contributed by atoms with Crippen molar-refractivity contribution in [2.45, 2.75) is 13.0 Å². The third-order valence-corrected chi connectivity index (χ3v) is 4.15. The Balaban J connectivity index is 1.47.